The van der Waals surface area contributed by atoms with E-state index >= 15 is 0 Å². The van der Waals surface area contributed by atoms with Gasteiger partial charge < -0.3 is 14.8 Å². The molecule has 0 unspecified atom stereocenters. The molecule has 0 radical (unpaired) electrons. The summed E-state index contributed by atoms with van der Waals surface area (Å²) in [6.07, 6.45) is 1.38. The van der Waals surface area contributed by atoms with Gasteiger partial charge in [0.05, 0.1) is 43.9 Å². The molecular formula is C15H24N8O3. The summed E-state index contributed by atoms with van der Waals surface area (Å²) in [6.45, 7) is 4.99. The van der Waals surface area contributed by atoms with Crippen LogP contribution in [0.3, 0.4) is 0 Å². The monoisotopic (exact) mass is 364 g/mol. The molecule has 0 spiro atoms. The van der Waals surface area contributed by atoms with E-state index in [9.17, 15) is 4.79 Å². The number of ether oxygens (including phenoxy) is 2. The Morgan fingerprint density at radius 2 is 2.35 bits per heavy atom. The van der Waals surface area contributed by atoms with Gasteiger partial charge in [-0.05, 0) is 17.4 Å². The van der Waals surface area contributed by atoms with E-state index in [1.165, 1.54) is 0 Å². The molecule has 2 aromatic rings. The van der Waals surface area contributed by atoms with Gasteiger partial charge >= 0.3 is 0 Å². The second kappa shape index (κ2) is 8.34. The van der Waals surface area contributed by atoms with Gasteiger partial charge in [-0.25, -0.2) is 4.68 Å². The predicted molar refractivity (Wildman–Crippen MR) is 91.4 cm³/mol. The van der Waals surface area contributed by atoms with Crippen LogP contribution in [0.2, 0.25) is 0 Å². The third kappa shape index (κ3) is 4.23. The van der Waals surface area contributed by atoms with Crippen molar-refractivity contribution in [3.8, 4) is 0 Å². The van der Waals surface area contributed by atoms with E-state index in [-0.39, 0.29) is 18.6 Å². The Morgan fingerprint density at radius 3 is 3.08 bits per heavy atom. The Morgan fingerprint density at radius 1 is 1.50 bits per heavy atom. The Hall–Kier alpha value is -2.37. The van der Waals surface area contributed by atoms with Crippen LogP contribution >= 0.6 is 0 Å². The van der Waals surface area contributed by atoms with E-state index in [1.807, 2.05) is 18.9 Å². The van der Waals surface area contributed by atoms with Gasteiger partial charge in [0.15, 0.2) is 5.82 Å². The number of aryl methyl sites for hydroxylation is 1. The highest BCUT2D eigenvalue weighted by molar-refractivity contribution is 5.92. The molecule has 1 aliphatic heterocycles. The first kappa shape index (κ1) is 18.4. The van der Waals surface area contributed by atoms with Gasteiger partial charge in [0.25, 0.3) is 0 Å². The number of morpholine rings is 1. The molecule has 11 nitrogen and oxygen atoms in total. The van der Waals surface area contributed by atoms with E-state index in [4.69, 9.17) is 9.47 Å². The number of rotatable bonds is 7. The van der Waals surface area contributed by atoms with Crippen molar-refractivity contribution in [2.24, 2.45) is 7.05 Å². The molecule has 1 fully saturated rings. The van der Waals surface area contributed by atoms with Crippen LogP contribution in [0.5, 0.6) is 0 Å². The zero-order chi connectivity index (χ0) is 18.5. The number of methoxy groups -OCH3 is 1. The smallest absolute Gasteiger partial charge is 0.238 e. The van der Waals surface area contributed by atoms with Crippen LogP contribution in [0.15, 0.2) is 6.20 Å². The molecule has 0 saturated carbocycles. The first-order valence-corrected chi connectivity index (χ1v) is 8.46. The maximum Gasteiger partial charge on any atom is 0.238 e. The molecule has 3 rings (SSSR count). The third-order valence-corrected chi connectivity index (χ3v) is 4.38. The van der Waals surface area contributed by atoms with E-state index in [1.54, 1.807) is 22.7 Å². The molecule has 1 amide bonds. The van der Waals surface area contributed by atoms with E-state index in [2.05, 4.69) is 25.9 Å². The van der Waals surface area contributed by atoms with Crippen molar-refractivity contribution >= 4 is 11.6 Å². The van der Waals surface area contributed by atoms with Gasteiger partial charge in [0.1, 0.15) is 6.10 Å². The molecule has 2 aromatic heterocycles. The molecular weight excluding hydrogens is 340 g/mol. The summed E-state index contributed by atoms with van der Waals surface area (Å²) in [4.78, 5) is 14.4. The van der Waals surface area contributed by atoms with E-state index in [0.717, 1.165) is 11.4 Å². The highest BCUT2D eigenvalue weighted by atomic mass is 16.5. The first-order chi connectivity index (χ1) is 12.6. The quantitative estimate of drug-likeness (QED) is 0.691. The van der Waals surface area contributed by atoms with Gasteiger partial charge in [-0.1, -0.05) is 0 Å². The lowest BCUT2D eigenvalue weighted by atomic mass is 10.2. The molecule has 11 heteroatoms. The summed E-state index contributed by atoms with van der Waals surface area (Å²) in [7, 11) is 3.47. The van der Waals surface area contributed by atoms with Gasteiger partial charge in [-0.3, -0.25) is 14.4 Å². The van der Waals surface area contributed by atoms with Crippen LogP contribution in [0, 0.1) is 6.92 Å². The van der Waals surface area contributed by atoms with Crippen LogP contribution in [0.25, 0.3) is 0 Å². The number of nitrogens with zero attached hydrogens (tertiary/aromatic N) is 7. The van der Waals surface area contributed by atoms with Crippen molar-refractivity contribution in [1.82, 2.24) is 34.9 Å². The van der Waals surface area contributed by atoms with Crippen LogP contribution in [-0.4, -0.2) is 80.8 Å². The minimum absolute atomic E-state index is 0.0827. The number of hydrogen-bond acceptors (Lipinski definition) is 8. The minimum Gasteiger partial charge on any atom is -0.383 e. The van der Waals surface area contributed by atoms with Crippen molar-refractivity contribution < 1.29 is 14.3 Å². The second-order valence-electron chi connectivity index (χ2n) is 6.16. The Balaban J connectivity index is 1.57. The third-order valence-electron chi connectivity index (χ3n) is 4.38. The van der Waals surface area contributed by atoms with Crippen LogP contribution in [0.1, 0.15) is 17.6 Å². The second-order valence-corrected chi connectivity index (χ2v) is 6.16. The lowest BCUT2D eigenvalue weighted by Crippen LogP contribution is -2.43. The predicted octanol–water partition coefficient (Wildman–Crippen LogP) is -0.627. The molecule has 3 heterocycles. The maximum atomic E-state index is 12.4. The fraction of sp³-hybridized carbons (Fsp3) is 0.667. The molecule has 0 aromatic carbocycles. The van der Waals surface area contributed by atoms with Crippen molar-refractivity contribution in [3.05, 3.63) is 17.7 Å². The Labute approximate surface area is 151 Å². The Kier molecular flexibility index (Phi) is 5.91. The molecule has 1 N–H and O–H groups in total. The molecule has 1 aliphatic rings. The van der Waals surface area contributed by atoms with Crippen molar-refractivity contribution in [1.29, 1.82) is 0 Å². The molecule has 1 atom stereocenters. The molecule has 26 heavy (non-hydrogen) atoms. The van der Waals surface area contributed by atoms with Gasteiger partial charge in [0, 0.05) is 27.2 Å². The molecule has 0 aliphatic carbocycles. The fourth-order valence-electron chi connectivity index (χ4n) is 2.80. The van der Waals surface area contributed by atoms with Gasteiger partial charge in [-0.2, -0.15) is 5.10 Å². The summed E-state index contributed by atoms with van der Waals surface area (Å²) in [5.74, 6) is 0.566. The largest absolute Gasteiger partial charge is 0.383 e. The van der Waals surface area contributed by atoms with Crippen LogP contribution in [-0.2, 0) is 27.9 Å². The number of hydrogen-bond donors (Lipinski definition) is 1. The normalized spacial score (nSPS) is 18.2. The summed E-state index contributed by atoms with van der Waals surface area (Å²) >= 11 is 0. The number of nitrogens with one attached hydrogen (secondary N) is 1. The standard InChI is InChI=1S/C15H24N8O3/c1-11-12(8-16-21(11)2)17-14(24)10-22-4-7-26-13(9-22)15-18-19-20-23(15)5-6-25-3/h8,13H,4-7,9-10H2,1-3H3,(H,17,24)/t13-/m0/s1. The van der Waals surface area contributed by atoms with Crippen molar-refractivity contribution in [2.75, 3.05) is 45.3 Å². The highest BCUT2D eigenvalue weighted by Crippen LogP contribution is 2.20. The van der Waals surface area contributed by atoms with Crippen LogP contribution in [0.4, 0.5) is 5.69 Å². The maximum absolute atomic E-state index is 12.4. The first-order valence-electron chi connectivity index (χ1n) is 8.46. The topological polar surface area (TPSA) is 112 Å². The SMILES string of the molecule is COCCn1nnnc1[C@@H]1CN(CC(=O)Nc2cnn(C)c2C)CCO1. The average Bonchev–Trinajstić information content (AvgIpc) is 3.22. The number of carbonyl (C=O) groups is 1. The zero-order valence-corrected chi connectivity index (χ0v) is 15.3. The fourth-order valence-corrected chi connectivity index (χ4v) is 2.80. The molecule has 142 valence electrons. The highest BCUT2D eigenvalue weighted by Gasteiger charge is 2.28. The van der Waals surface area contributed by atoms with Crippen molar-refractivity contribution in [3.63, 3.8) is 0 Å². The average molecular weight is 364 g/mol. The lowest BCUT2D eigenvalue weighted by Gasteiger charge is -2.31. The number of aromatic nitrogens is 6. The summed E-state index contributed by atoms with van der Waals surface area (Å²) in [6, 6.07) is 0. The summed E-state index contributed by atoms with van der Waals surface area (Å²) < 4.78 is 14.3. The number of tetrazole rings is 1. The van der Waals surface area contributed by atoms with E-state index < -0.39 is 0 Å². The Bertz CT molecular complexity index is 743. The molecule has 0 bridgehead atoms. The minimum atomic E-state index is -0.275. The number of amides is 1. The summed E-state index contributed by atoms with van der Waals surface area (Å²) in [5, 5.41) is 18.8. The van der Waals surface area contributed by atoms with Gasteiger partial charge in [-0.15, -0.1) is 5.10 Å². The van der Waals surface area contributed by atoms with E-state index in [0.29, 0.717) is 38.7 Å². The number of carbonyl (C=O) groups excluding carboxylic acids is 1. The zero-order valence-electron chi connectivity index (χ0n) is 15.3. The summed E-state index contributed by atoms with van der Waals surface area (Å²) in [5.41, 5.74) is 1.64. The van der Waals surface area contributed by atoms with Crippen molar-refractivity contribution in [2.45, 2.75) is 19.6 Å². The number of anilines is 1. The van der Waals surface area contributed by atoms with Crippen LogP contribution < -0.4 is 5.32 Å². The van der Waals surface area contributed by atoms with Gasteiger partial charge in [0.2, 0.25) is 5.91 Å². The lowest BCUT2D eigenvalue weighted by molar-refractivity contribution is -0.119. The molecule has 1 saturated heterocycles.